The second-order valence-electron chi connectivity index (χ2n) is 7.09. The van der Waals surface area contributed by atoms with Gasteiger partial charge in [0.05, 0.1) is 6.10 Å². The van der Waals surface area contributed by atoms with Gasteiger partial charge >= 0.3 is 0 Å². The fraction of sp³-hybridized carbons (Fsp3) is 0.632. The van der Waals surface area contributed by atoms with Crippen molar-refractivity contribution in [1.82, 2.24) is 4.90 Å². The van der Waals surface area contributed by atoms with Crippen LogP contribution in [-0.4, -0.2) is 48.8 Å². The first-order valence-corrected chi connectivity index (χ1v) is 9.04. The van der Waals surface area contributed by atoms with E-state index in [1.54, 1.807) is 0 Å². The number of carbonyl (C=O) groups excluding carboxylic acids is 1. The number of benzene rings is 1. The Morgan fingerprint density at radius 2 is 2.12 bits per heavy atom. The first kappa shape index (κ1) is 17.2. The molecule has 1 saturated carbocycles. The van der Waals surface area contributed by atoms with Gasteiger partial charge < -0.3 is 20.1 Å². The zero-order valence-electron chi connectivity index (χ0n) is 14.5. The molecule has 1 fully saturated rings. The van der Waals surface area contributed by atoms with Crippen molar-refractivity contribution in [3.8, 4) is 5.75 Å². The summed E-state index contributed by atoms with van der Waals surface area (Å²) in [6, 6.07) is 5.86. The van der Waals surface area contributed by atoms with Crippen LogP contribution in [0.4, 0.5) is 5.69 Å². The van der Waals surface area contributed by atoms with Crippen molar-refractivity contribution < 1.29 is 14.6 Å². The molecule has 1 aliphatic carbocycles. The van der Waals surface area contributed by atoms with E-state index in [-0.39, 0.29) is 12.0 Å². The summed E-state index contributed by atoms with van der Waals surface area (Å²) in [7, 11) is 2.09. The first-order valence-electron chi connectivity index (χ1n) is 9.04. The number of amides is 1. The summed E-state index contributed by atoms with van der Waals surface area (Å²) < 4.78 is 5.87. The van der Waals surface area contributed by atoms with E-state index in [9.17, 15) is 9.90 Å². The molecule has 24 heavy (non-hydrogen) atoms. The van der Waals surface area contributed by atoms with Crippen molar-refractivity contribution in [2.24, 2.45) is 5.92 Å². The molecule has 1 aromatic rings. The molecule has 1 aromatic carbocycles. The molecule has 132 valence electrons. The van der Waals surface area contributed by atoms with Crippen molar-refractivity contribution in [3.63, 3.8) is 0 Å². The second kappa shape index (κ2) is 7.99. The van der Waals surface area contributed by atoms with E-state index in [2.05, 4.69) is 17.3 Å². The maximum absolute atomic E-state index is 11.4. The summed E-state index contributed by atoms with van der Waals surface area (Å²) in [5.41, 5.74) is 2.05. The predicted molar refractivity (Wildman–Crippen MR) is 94.3 cm³/mol. The van der Waals surface area contributed by atoms with E-state index in [1.807, 2.05) is 18.2 Å². The number of ether oxygens (including phenoxy) is 1. The molecule has 1 heterocycles. The molecule has 3 rings (SSSR count). The van der Waals surface area contributed by atoms with Crippen LogP contribution >= 0.6 is 0 Å². The van der Waals surface area contributed by atoms with Crippen molar-refractivity contribution in [1.29, 1.82) is 0 Å². The predicted octanol–water partition coefficient (Wildman–Crippen LogP) is 2.43. The number of hydrogen-bond donors (Lipinski definition) is 2. The number of rotatable bonds is 6. The Morgan fingerprint density at radius 3 is 2.96 bits per heavy atom. The fourth-order valence-electron chi connectivity index (χ4n) is 3.66. The molecule has 2 unspecified atom stereocenters. The Balaban J connectivity index is 1.43. The van der Waals surface area contributed by atoms with Gasteiger partial charge in [0, 0.05) is 25.2 Å². The van der Waals surface area contributed by atoms with Crippen molar-refractivity contribution in [3.05, 3.63) is 23.8 Å². The summed E-state index contributed by atoms with van der Waals surface area (Å²) >= 11 is 0. The fourth-order valence-corrected chi connectivity index (χ4v) is 3.66. The van der Waals surface area contributed by atoms with Crippen LogP contribution < -0.4 is 10.1 Å². The lowest BCUT2D eigenvalue weighted by molar-refractivity contribution is -0.116. The number of nitrogens with one attached hydrogen (secondary N) is 1. The number of anilines is 1. The van der Waals surface area contributed by atoms with Crippen LogP contribution in [0.15, 0.2) is 18.2 Å². The average molecular weight is 332 g/mol. The summed E-state index contributed by atoms with van der Waals surface area (Å²) in [6.07, 6.45) is 5.64. The molecule has 5 nitrogen and oxygen atoms in total. The summed E-state index contributed by atoms with van der Waals surface area (Å²) in [4.78, 5) is 13.6. The van der Waals surface area contributed by atoms with E-state index in [0.29, 0.717) is 18.9 Å². The lowest BCUT2D eigenvalue weighted by Gasteiger charge is -2.31. The topological polar surface area (TPSA) is 61.8 Å². The molecular weight excluding hydrogens is 304 g/mol. The summed E-state index contributed by atoms with van der Waals surface area (Å²) in [5, 5.41) is 12.9. The minimum Gasteiger partial charge on any atom is -0.492 e. The van der Waals surface area contributed by atoms with Gasteiger partial charge in [-0.15, -0.1) is 0 Å². The molecule has 2 aliphatic rings. The number of carbonyl (C=O) groups is 1. The third kappa shape index (κ3) is 4.48. The molecule has 0 radical (unpaired) electrons. The Kier molecular flexibility index (Phi) is 5.74. The molecule has 2 N–H and O–H groups in total. The molecule has 2 atom stereocenters. The van der Waals surface area contributed by atoms with Gasteiger partial charge in [-0.2, -0.15) is 0 Å². The van der Waals surface area contributed by atoms with Gasteiger partial charge in [-0.25, -0.2) is 0 Å². The van der Waals surface area contributed by atoms with Gasteiger partial charge in [-0.3, -0.25) is 4.79 Å². The normalized spacial score (nSPS) is 23.7. The third-order valence-electron chi connectivity index (χ3n) is 5.13. The van der Waals surface area contributed by atoms with Gasteiger partial charge in [-0.1, -0.05) is 12.8 Å². The highest BCUT2D eigenvalue weighted by atomic mass is 16.5. The highest BCUT2D eigenvalue weighted by molar-refractivity contribution is 5.93. The van der Waals surface area contributed by atoms with E-state index >= 15 is 0 Å². The molecule has 5 heteroatoms. The maximum atomic E-state index is 11.4. The first-order chi connectivity index (χ1) is 11.6. The largest absolute Gasteiger partial charge is 0.492 e. The Morgan fingerprint density at radius 1 is 1.29 bits per heavy atom. The van der Waals surface area contributed by atoms with Crippen LogP contribution in [0.1, 0.15) is 37.7 Å². The molecule has 0 saturated heterocycles. The standard InChI is InChI=1S/C19H28N2O3/c1-21(13-15-4-2-3-5-18(15)22)10-11-24-16-7-8-17-14(12-16)6-9-19(23)20-17/h7-8,12,15,18,22H,2-6,9-11,13H2,1H3,(H,20,23). The Labute approximate surface area is 144 Å². The van der Waals surface area contributed by atoms with E-state index in [4.69, 9.17) is 4.74 Å². The zero-order chi connectivity index (χ0) is 16.9. The number of likely N-dealkylation sites (N-methyl/N-ethyl adjacent to an activating group) is 1. The van der Waals surface area contributed by atoms with Gasteiger partial charge in [-0.05, 0) is 56.0 Å². The van der Waals surface area contributed by atoms with Crippen LogP contribution in [0, 0.1) is 5.92 Å². The molecule has 0 aromatic heterocycles. The summed E-state index contributed by atoms with van der Waals surface area (Å²) in [5.74, 6) is 1.34. The lowest BCUT2D eigenvalue weighted by Crippen LogP contribution is -2.36. The van der Waals surface area contributed by atoms with Crippen LogP contribution in [0.2, 0.25) is 0 Å². The number of aliphatic hydroxyl groups excluding tert-OH is 1. The van der Waals surface area contributed by atoms with Gasteiger partial charge in [0.15, 0.2) is 0 Å². The van der Waals surface area contributed by atoms with Crippen LogP contribution in [0.3, 0.4) is 0 Å². The van der Waals surface area contributed by atoms with Gasteiger partial charge in [0.1, 0.15) is 12.4 Å². The SMILES string of the molecule is CN(CCOc1ccc2c(c1)CCC(=O)N2)CC1CCCCC1O. The van der Waals surface area contributed by atoms with Crippen LogP contribution in [-0.2, 0) is 11.2 Å². The van der Waals surface area contributed by atoms with Crippen molar-refractivity contribution in [2.45, 2.75) is 44.6 Å². The third-order valence-corrected chi connectivity index (χ3v) is 5.13. The number of aryl methyl sites for hydroxylation is 1. The molecule has 0 spiro atoms. The second-order valence-corrected chi connectivity index (χ2v) is 7.09. The van der Waals surface area contributed by atoms with Crippen LogP contribution in [0.25, 0.3) is 0 Å². The lowest BCUT2D eigenvalue weighted by atomic mass is 9.86. The number of fused-ring (bicyclic) bond motifs is 1. The molecule has 1 amide bonds. The minimum absolute atomic E-state index is 0.0858. The molecular formula is C19H28N2O3. The number of hydrogen-bond acceptors (Lipinski definition) is 4. The van der Waals surface area contributed by atoms with Crippen LogP contribution in [0.5, 0.6) is 5.75 Å². The molecule has 0 bridgehead atoms. The number of aliphatic hydroxyl groups is 1. The number of nitrogens with zero attached hydrogens (tertiary/aromatic N) is 1. The Hall–Kier alpha value is -1.59. The van der Waals surface area contributed by atoms with E-state index in [1.165, 1.54) is 6.42 Å². The smallest absolute Gasteiger partial charge is 0.224 e. The quantitative estimate of drug-likeness (QED) is 0.840. The zero-order valence-corrected chi connectivity index (χ0v) is 14.5. The van der Waals surface area contributed by atoms with Gasteiger partial charge in [0.25, 0.3) is 0 Å². The van der Waals surface area contributed by atoms with Gasteiger partial charge in [0.2, 0.25) is 5.91 Å². The summed E-state index contributed by atoms with van der Waals surface area (Å²) in [6.45, 7) is 2.41. The molecule has 1 aliphatic heterocycles. The van der Waals surface area contributed by atoms with E-state index < -0.39 is 0 Å². The Bertz CT molecular complexity index is 576. The highest BCUT2D eigenvalue weighted by Gasteiger charge is 2.24. The van der Waals surface area contributed by atoms with Crippen molar-refractivity contribution in [2.75, 3.05) is 32.1 Å². The van der Waals surface area contributed by atoms with E-state index in [0.717, 1.165) is 55.8 Å². The minimum atomic E-state index is -0.141. The van der Waals surface area contributed by atoms with Crippen molar-refractivity contribution >= 4 is 11.6 Å². The maximum Gasteiger partial charge on any atom is 0.224 e. The monoisotopic (exact) mass is 332 g/mol. The average Bonchev–Trinajstić information content (AvgIpc) is 2.57. The highest BCUT2D eigenvalue weighted by Crippen LogP contribution is 2.27.